The monoisotopic (exact) mass is 382 g/mol. The van der Waals surface area contributed by atoms with Crippen molar-refractivity contribution in [3.05, 3.63) is 29.0 Å². The molecule has 1 aliphatic heterocycles. The Morgan fingerprint density at radius 2 is 2.19 bits per heavy atom. The highest BCUT2D eigenvalue weighted by Crippen LogP contribution is 2.32. The first kappa shape index (κ1) is 18.5. The van der Waals surface area contributed by atoms with Crippen molar-refractivity contribution in [2.24, 2.45) is 5.73 Å². The van der Waals surface area contributed by atoms with Crippen LogP contribution in [0.15, 0.2) is 22.6 Å². The lowest BCUT2D eigenvalue weighted by Crippen LogP contribution is -2.51. The summed E-state index contributed by atoms with van der Waals surface area (Å²) in [4.78, 5) is 23.5. The van der Waals surface area contributed by atoms with Crippen molar-refractivity contribution >= 4 is 34.4 Å². The third-order valence-corrected chi connectivity index (χ3v) is 4.26. The molecule has 2 atom stereocenters. The SMILES string of the molecule is COc1cc(Cl)cc2cc(C(=O)N[C@@H]3COCC[C@@H]3OCC(N)=O)oc12. The van der Waals surface area contributed by atoms with E-state index in [0.717, 1.165) is 0 Å². The lowest BCUT2D eigenvalue weighted by atomic mass is 10.1. The number of ether oxygens (including phenoxy) is 3. The van der Waals surface area contributed by atoms with Crippen LogP contribution in [0.1, 0.15) is 17.0 Å². The zero-order chi connectivity index (χ0) is 18.7. The highest BCUT2D eigenvalue weighted by Gasteiger charge is 2.29. The van der Waals surface area contributed by atoms with Crippen LogP contribution in [0.2, 0.25) is 5.02 Å². The normalized spacial score (nSPS) is 20.1. The minimum atomic E-state index is -0.567. The van der Waals surface area contributed by atoms with Crippen molar-refractivity contribution < 1.29 is 28.2 Å². The molecule has 1 aliphatic rings. The quantitative estimate of drug-likeness (QED) is 0.782. The number of furan rings is 1. The Morgan fingerprint density at radius 3 is 2.92 bits per heavy atom. The number of nitrogens with two attached hydrogens (primary N) is 1. The third kappa shape index (κ3) is 4.09. The minimum Gasteiger partial charge on any atom is -0.493 e. The number of primary amides is 1. The molecule has 0 unspecified atom stereocenters. The minimum absolute atomic E-state index is 0.111. The van der Waals surface area contributed by atoms with Crippen molar-refractivity contribution in [3.63, 3.8) is 0 Å². The molecule has 1 aromatic heterocycles. The van der Waals surface area contributed by atoms with Gasteiger partial charge in [-0.25, -0.2) is 0 Å². The molecule has 0 radical (unpaired) electrons. The zero-order valence-electron chi connectivity index (χ0n) is 14.1. The number of carbonyl (C=O) groups is 2. The second kappa shape index (κ2) is 7.94. The summed E-state index contributed by atoms with van der Waals surface area (Å²) in [7, 11) is 1.49. The Labute approximate surface area is 154 Å². The molecule has 0 aliphatic carbocycles. The predicted octanol–water partition coefficient (Wildman–Crippen LogP) is 1.48. The number of rotatable bonds is 6. The van der Waals surface area contributed by atoms with Crippen LogP contribution in [0.4, 0.5) is 0 Å². The van der Waals surface area contributed by atoms with Crippen LogP contribution in [0.5, 0.6) is 5.75 Å². The Balaban J connectivity index is 1.76. The van der Waals surface area contributed by atoms with Crippen LogP contribution >= 0.6 is 11.6 Å². The molecule has 1 saturated heterocycles. The third-order valence-electron chi connectivity index (χ3n) is 4.04. The van der Waals surface area contributed by atoms with Crippen molar-refractivity contribution in [2.75, 3.05) is 26.9 Å². The van der Waals surface area contributed by atoms with E-state index in [9.17, 15) is 9.59 Å². The number of halogens is 1. The van der Waals surface area contributed by atoms with E-state index < -0.39 is 17.9 Å². The molecular weight excluding hydrogens is 364 g/mol. The first-order valence-corrected chi connectivity index (χ1v) is 8.41. The van der Waals surface area contributed by atoms with Gasteiger partial charge in [-0.1, -0.05) is 11.6 Å². The van der Waals surface area contributed by atoms with Crippen LogP contribution in [0, 0.1) is 0 Å². The Hall–Kier alpha value is -2.29. The van der Waals surface area contributed by atoms with E-state index >= 15 is 0 Å². The van der Waals surface area contributed by atoms with Crippen LogP contribution in [-0.4, -0.2) is 50.9 Å². The molecule has 0 bridgehead atoms. The van der Waals surface area contributed by atoms with Gasteiger partial charge in [0, 0.05) is 23.1 Å². The van der Waals surface area contributed by atoms with E-state index in [1.807, 2.05) is 0 Å². The first-order valence-electron chi connectivity index (χ1n) is 8.03. The van der Waals surface area contributed by atoms with Crippen LogP contribution < -0.4 is 15.8 Å². The summed E-state index contributed by atoms with van der Waals surface area (Å²) in [6.07, 6.45) is 0.176. The summed E-state index contributed by atoms with van der Waals surface area (Å²) in [5, 5.41) is 3.94. The number of nitrogens with one attached hydrogen (secondary N) is 1. The second-order valence-electron chi connectivity index (χ2n) is 5.90. The van der Waals surface area contributed by atoms with Gasteiger partial charge in [0.2, 0.25) is 5.91 Å². The number of amides is 2. The van der Waals surface area contributed by atoms with Crippen molar-refractivity contribution in [1.29, 1.82) is 0 Å². The van der Waals surface area contributed by atoms with Crippen molar-refractivity contribution in [3.8, 4) is 5.75 Å². The number of methoxy groups -OCH3 is 1. The summed E-state index contributed by atoms with van der Waals surface area (Å²) in [5.74, 6) is -0.444. The van der Waals surface area contributed by atoms with Crippen LogP contribution in [0.3, 0.4) is 0 Å². The lowest BCUT2D eigenvalue weighted by molar-refractivity contribution is -0.128. The van der Waals surface area contributed by atoms with Gasteiger partial charge in [0.25, 0.3) is 5.91 Å². The van der Waals surface area contributed by atoms with Gasteiger partial charge in [-0.15, -0.1) is 0 Å². The van der Waals surface area contributed by atoms with E-state index in [0.29, 0.717) is 34.8 Å². The molecule has 3 N–H and O–H groups in total. The van der Waals surface area contributed by atoms with E-state index in [2.05, 4.69) is 5.32 Å². The summed E-state index contributed by atoms with van der Waals surface area (Å²) in [6, 6.07) is 4.45. The van der Waals surface area contributed by atoms with E-state index in [1.165, 1.54) is 7.11 Å². The number of fused-ring (bicyclic) bond motifs is 1. The maximum Gasteiger partial charge on any atom is 0.287 e. The smallest absolute Gasteiger partial charge is 0.287 e. The fraction of sp³-hybridized carbons (Fsp3) is 0.412. The molecule has 2 amide bonds. The highest BCUT2D eigenvalue weighted by atomic mass is 35.5. The molecule has 0 spiro atoms. The molecule has 0 saturated carbocycles. The summed E-state index contributed by atoms with van der Waals surface area (Å²) < 4.78 is 21.7. The molecule has 1 aromatic carbocycles. The molecule has 9 heteroatoms. The summed E-state index contributed by atoms with van der Waals surface area (Å²) >= 11 is 6.03. The second-order valence-corrected chi connectivity index (χ2v) is 6.33. The average molecular weight is 383 g/mol. The summed E-state index contributed by atoms with van der Waals surface area (Å²) in [6.45, 7) is 0.540. The molecule has 8 nitrogen and oxygen atoms in total. The van der Waals surface area contributed by atoms with Gasteiger partial charge in [-0.3, -0.25) is 9.59 Å². The van der Waals surface area contributed by atoms with E-state index in [4.69, 9.17) is 36.0 Å². The molecular formula is C17H19ClN2O6. The molecule has 2 heterocycles. The molecule has 140 valence electrons. The number of benzene rings is 1. The Kier molecular flexibility index (Phi) is 5.65. The van der Waals surface area contributed by atoms with Gasteiger partial charge >= 0.3 is 0 Å². The Bertz CT molecular complexity index is 821. The summed E-state index contributed by atoms with van der Waals surface area (Å²) in [5.41, 5.74) is 5.54. The highest BCUT2D eigenvalue weighted by molar-refractivity contribution is 6.31. The topological polar surface area (TPSA) is 113 Å². The fourth-order valence-electron chi connectivity index (χ4n) is 2.83. The number of hydrogen-bond donors (Lipinski definition) is 2. The van der Waals surface area contributed by atoms with Crippen molar-refractivity contribution in [2.45, 2.75) is 18.6 Å². The maximum absolute atomic E-state index is 12.6. The standard InChI is InChI=1S/C17H19ClN2O6/c1-23-13-6-10(18)4-9-5-14(26-16(9)13)17(22)20-11-7-24-3-2-12(11)25-8-15(19)21/h4-6,11-12H,2-3,7-8H2,1H3,(H2,19,21)(H,20,22)/t11-,12+/m1/s1. The number of hydrogen-bond acceptors (Lipinski definition) is 6. The molecule has 2 aromatic rings. The van der Waals surface area contributed by atoms with Gasteiger partial charge < -0.3 is 29.7 Å². The fourth-order valence-corrected chi connectivity index (χ4v) is 3.05. The maximum atomic E-state index is 12.6. The van der Waals surface area contributed by atoms with Gasteiger partial charge in [-0.2, -0.15) is 0 Å². The van der Waals surface area contributed by atoms with Gasteiger partial charge in [0.15, 0.2) is 17.1 Å². The van der Waals surface area contributed by atoms with Crippen molar-refractivity contribution in [1.82, 2.24) is 5.32 Å². The van der Waals surface area contributed by atoms with Gasteiger partial charge in [-0.05, 0) is 18.6 Å². The molecule has 26 heavy (non-hydrogen) atoms. The van der Waals surface area contributed by atoms with E-state index in [1.54, 1.807) is 18.2 Å². The first-order chi connectivity index (χ1) is 12.5. The van der Waals surface area contributed by atoms with Crippen LogP contribution in [0.25, 0.3) is 11.0 Å². The Morgan fingerprint density at radius 1 is 1.38 bits per heavy atom. The van der Waals surface area contributed by atoms with Crippen LogP contribution in [-0.2, 0) is 14.3 Å². The van der Waals surface area contributed by atoms with Gasteiger partial charge in [0.1, 0.15) is 6.61 Å². The van der Waals surface area contributed by atoms with Gasteiger partial charge in [0.05, 0.1) is 25.9 Å². The molecule has 1 fully saturated rings. The molecule has 3 rings (SSSR count). The zero-order valence-corrected chi connectivity index (χ0v) is 14.9. The van der Waals surface area contributed by atoms with E-state index in [-0.39, 0.29) is 25.1 Å². The predicted molar refractivity (Wildman–Crippen MR) is 93.4 cm³/mol. The number of carbonyl (C=O) groups excluding carboxylic acids is 2. The largest absolute Gasteiger partial charge is 0.493 e. The average Bonchev–Trinajstić information content (AvgIpc) is 3.04. The lowest BCUT2D eigenvalue weighted by Gasteiger charge is -2.31.